The molecule has 2 rings (SSSR count). The summed E-state index contributed by atoms with van der Waals surface area (Å²) in [5.74, 6) is 0.830. The van der Waals surface area contributed by atoms with Gasteiger partial charge in [-0.25, -0.2) is 0 Å². The van der Waals surface area contributed by atoms with Gasteiger partial charge < -0.3 is 24.2 Å². The average molecular weight is 349 g/mol. The van der Waals surface area contributed by atoms with Gasteiger partial charge in [-0.05, 0) is 20.8 Å². The molecule has 0 saturated carbocycles. The number of amides is 1. The molecule has 1 aromatic rings. The first-order valence-corrected chi connectivity index (χ1v) is 7.57. The molecule has 0 spiro atoms. The molecule has 3 atom stereocenters. The zero-order valence-corrected chi connectivity index (χ0v) is 14.8. The fourth-order valence-electron chi connectivity index (χ4n) is 2.35. The highest BCUT2D eigenvalue weighted by Gasteiger charge is 2.31. The molecule has 0 aromatic carbocycles. The van der Waals surface area contributed by atoms with Crippen LogP contribution in [-0.4, -0.2) is 59.9 Å². The van der Waals surface area contributed by atoms with Crippen LogP contribution in [-0.2, 0) is 20.8 Å². The van der Waals surface area contributed by atoms with Crippen molar-refractivity contribution in [2.24, 2.45) is 0 Å². The molecule has 0 aliphatic carbocycles. The summed E-state index contributed by atoms with van der Waals surface area (Å²) in [7, 11) is 1.71. The summed E-state index contributed by atoms with van der Waals surface area (Å²) >= 11 is 0. The minimum Gasteiger partial charge on any atom is -0.375 e. The van der Waals surface area contributed by atoms with Gasteiger partial charge in [-0.2, -0.15) is 4.98 Å². The van der Waals surface area contributed by atoms with Gasteiger partial charge >= 0.3 is 0 Å². The van der Waals surface area contributed by atoms with Crippen LogP contribution < -0.4 is 5.32 Å². The summed E-state index contributed by atoms with van der Waals surface area (Å²) < 4.78 is 16.1. The van der Waals surface area contributed by atoms with Crippen LogP contribution in [0.25, 0.3) is 0 Å². The Labute approximate surface area is 142 Å². The van der Waals surface area contributed by atoms with E-state index in [1.54, 1.807) is 11.9 Å². The molecule has 23 heavy (non-hydrogen) atoms. The highest BCUT2D eigenvalue weighted by Crippen LogP contribution is 2.14. The fraction of sp³-hybridized carbons (Fsp3) is 0.786. The summed E-state index contributed by atoms with van der Waals surface area (Å²) in [5.41, 5.74) is 0. The van der Waals surface area contributed by atoms with Gasteiger partial charge in [0.15, 0.2) is 5.82 Å². The molecule has 1 aliphatic rings. The van der Waals surface area contributed by atoms with Crippen LogP contribution in [0.3, 0.4) is 0 Å². The maximum absolute atomic E-state index is 12.4. The molecule has 0 bridgehead atoms. The van der Waals surface area contributed by atoms with Crippen molar-refractivity contribution in [3.05, 3.63) is 11.7 Å². The molecule has 1 unspecified atom stereocenters. The molecule has 1 N–H and O–H groups in total. The van der Waals surface area contributed by atoms with E-state index in [0.29, 0.717) is 31.5 Å². The summed E-state index contributed by atoms with van der Waals surface area (Å²) in [6.07, 6.45) is -0.378. The van der Waals surface area contributed by atoms with Crippen molar-refractivity contribution in [2.45, 2.75) is 45.6 Å². The lowest BCUT2D eigenvalue weighted by atomic mass is 10.1. The van der Waals surface area contributed by atoms with Gasteiger partial charge in [0.1, 0.15) is 12.1 Å². The van der Waals surface area contributed by atoms with Crippen LogP contribution in [0, 0.1) is 0 Å². The number of nitrogens with zero attached hydrogens (tertiary/aromatic N) is 3. The molecule has 9 heteroatoms. The van der Waals surface area contributed by atoms with Crippen molar-refractivity contribution in [3.8, 4) is 0 Å². The maximum atomic E-state index is 12.4. The van der Waals surface area contributed by atoms with Crippen LogP contribution in [0.1, 0.15) is 38.6 Å². The molecule has 132 valence electrons. The summed E-state index contributed by atoms with van der Waals surface area (Å²) in [4.78, 5) is 18.3. The number of likely N-dealkylation sites (N-methyl/N-ethyl adjacent to an activating group) is 1. The van der Waals surface area contributed by atoms with E-state index in [-0.39, 0.29) is 43.1 Å². The van der Waals surface area contributed by atoms with E-state index in [9.17, 15) is 4.79 Å². The Hall–Kier alpha value is -1.22. The number of hydrogen-bond acceptors (Lipinski definition) is 7. The zero-order chi connectivity index (χ0) is 16.1. The Morgan fingerprint density at radius 1 is 1.57 bits per heavy atom. The first-order chi connectivity index (χ1) is 10.5. The largest absolute Gasteiger partial charge is 0.375 e. The van der Waals surface area contributed by atoms with Gasteiger partial charge in [-0.15, -0.1) is 12.4 Å². The molecule has 0 radical (unpaired) electrons. The first-order valence-electron chi connectivity index (χ1n) is 7.57. The zero-order valence-electron chi connectivity index (χ0n) is 13.9. The second-order valence-electron chi connectivity index (χ2n) is 5.35. The molecule has 1 aliphatic heterocycles. The Morgan fingerprint density at radius 3 is 2.96 bits per heavy atom. The van der Waals surface area contributed by atoms with Gasteiger partial charge in [0.2, 0.25) is 11.8 Å². The van der Waals surface area contributed by atoms with Gasteiger partial charge in [-0.1, -0.05) is 5.16 Å². The minimum absolute atomic E-state index is 0. The van der Waals surface area contributed by atoms with Gasteiger partial charge in [0.25, 0.3) is 0 Å². The molecule has 1 amide bonds. The van der Waals surface area contributed by atoms with Crippen molar-refractivity contribution < 1.29 is 18.8 Å². The highest BCUT2D eigenvalue weighted by atomic mass is 35.5. The monoisotopic (exact) mass is 348 g/mol. The van der Waals surface area contributed by atoms with Gasteiger partial charge in [0, 0.05) is 20.2 Å². The van der Waals surface area contributed by atoms with E-state index in [1.165, 1.54) is 0 Å². The van der Waals surface area contributed by atoms with Gasteiger partial charge in [0.05, 0.1) is 19.3 Å². The Kier molecular flexibility index (Phi) is 7.90. The number of halogens is 1. The molecule has 1 saturated heterocycles. The van der Waals surface area contributed by atoms with E-state index in [0.717, 1.165) is 0 Å². The molecule has 1 fully saturated rings. The average Bonchev–Trinajstić information content (AvgIpc) is 2.96. The molecule has 8 nitrogen and oxygen atoms in total. The first kappa shape index (κ1) is 19.8. The van der Waals surface area contributed by atoms with E-state index >= 15 is 0 Å². The van der Waals surface area contributed by atoms with Crippen molar-refractivity contribution in [2.75, 3.05) is 26.8 Å². The van der Waals surface area contributed by atoms with Crippen LogP contribution in [0.4, 0.5) is 0 Å². The SMILES string of the molecule is CCOC(C)c1noc(CN(C)C(=O)[C@H]2NCCO[C@@H]2C)n1.Cl. The highest BCUT2D eigenvalue weighted by molar-refractivity contribution is 5.85. The smallest absolute Gasteiger partial charge is 0.246 e. The van der Waals surface area contributed by atoms with Crippen LogP contribution in [0.2, 0.25) is 0 Å². The summed E-state index contributed by atoms with van der Waals surface area (Å²) in [5, 5.41) is 7.06. The molecule has 2 heterocycles. The second kappa shape index (κ2) is 9.17. The number of nitrogens with one attached hydrogen (secondary N) is 1. The number of rotatable bonds is 6. The molecule has 1 aromatic heterocycles. The Balaban J connectivity index is 0.00000264. The van der Waals surface area contributed by atoms with E-state index < -0.39 is 0 Å². The lowest BCUT2D eigenvalue weighted by molar-refractivity contribution is -0.139. The van der Waals surface area contributed by atoms with Crippen LogP contribution >= 0.6 is 12.4 Å². The fourth-order valence-corrected chi connectivity index (χ4v) is 2.35. The number of carbonyl (C=O) groups excluding carboxylic acids is 1. The number of ether oxygens (including phenoxy) is 2. The number of hydrogen-bond donors (Lipinski definition) is 1. The quantitative estimate of drug-likeness (QED) is 0.817. The summed E-state index contributed by atoms with van der Waals surface area (Å²) in [6.45, 7) is 7.78. The normalized spacial score (nSPS) is 22.3. The summed E-state index contributed by atoms with van der Waals surface area (Å²) in [6, 6.07) is -0.344. The Morgan fingerprint density at radius 2 is 2.30 bits per heavy atom. The van der Waals surface area contributed by atoms with Crippen LogP contribution in [0.5, 0.6) is 0 Å². The lowest BCUT2D eigenvalue weighted by Gasteiger charge is -2.31. The van der Waals surface area contributed by atoms with Crippen molar-refractivity contribution >= 4 is 18.3 Å². The predicted octanol–water partition coefficient (Wildman–Crippen LogP) is 0.924. The molecular weight excluding hydrogens is 324 g/mol. The minimum atomic E-state index is -0.344. The third kappa shape index (κ3) is 5.13. The van der Waals surface area contributed by atoms with Gasteiger partial charge in [-0.3, -0.25) is 4.79 Å². The van der Waals surface area contributed by atoms with Crippen molar-refractivity contribution in [3.63, 3.8) is 0 Å². The third-order valence-corrected chi connectivity index (χ3v) is 3.60. The lowest BCUT2D eigenvalue weighted by Crippen LogP contribution is -2.55. The molecular formula is C14H25ClN4O4. The van der Waals surface area contributed by atoms with E-state index in [4.69, 9.17) is 14.0 Å². The predicted molar refractivity (Wildman–Crippen MR) is 85.3 cm³/mol. The topological polar surface area (TPSA) is 89.7 Å². The number of aromatic nitrogens is 2. The number of morpholine rings is 1. The van der Waals surface area contributed by atoms with E-state index in [1.807, 2.05) is 20.8 Å². The number of carbonyl (C=O) groups is 1. The Bertz CT molecular complexity index is 499. The van der Waals surface area contributed by atoms with Crippen molar-refractivity contribution in [1.82, 2.24) is 20.4 Å². The standard InChI is InChI=1S/C14H24N4O4.ClH/c1-5-20-10(3)13-16-11(22-17-13)8-18(4)14(19)12-9(2)21-7-6-15-12;/h9-10,12,15H,5-8H2,1-4H3;1H/t9-,10?,12+;/m1./s1. The van der Waals surface area contributed by atoms with Crippen LogP contribution in [0.15, 0.2) is 4.52 Å². The van der Waals surface area contributed by atoms with Crippen molar-refractivity contribution in [1.29, 1.82) is 0 Å². The van der Waals surface area contributed by atoms with E-state index in [2.05, 4.69) is 15.5 Å². The maximum Gasteiger partial charge on any atom is 0.246 e. The second-order valence-corrected chi connectivity index (χ2v) is 5.35. The third-order valence-electron chi connectivity index (χ3n) is 3.60.